The fourth-order valence-corrected chi connectivity index (χ4v) is 1.14. The van der Waals surface area contributed by atoms with E-state index in [0.29, 0.717) is 17.0 Å². The summed E-state index contributed by atoms with van der Waals surface area (Å²) in [6, 6.07) is -0.939. The van der Waals surface area contributed by atoms with Crippen molar-refractivity contribution < 1.29 is 19.2 Å². The molecule has 0 unspecified atom stereocenters. The highest BCUT2D eigenvalue weighted by Crippen LogP contribution is 2.11. The molecule has 0 bridgehead atoms. The summed E-state index contributed by atoms with van der Waals surface area (Å²) in [6.07, 6.45) is 0. The summed E-state index contributed by atoms with van der Waals surface area (Å²) < 4.78 is 4.80. The SMILES string of the molecule is Cc1noc(C)c1C(=O)N[C@H](C)C(=O)O. The van der Waals surface area contributed by atoms with Gasteiger partial charge >= 0.3 is 5.97 Å². The fourth-order valence-electron chi connectivity index (χ4n) is 1.14. The molecule has 2 N–H and O–H groups in total. The number of hydrogen-bond donors (Lipinski definition) is 2. The lowest BCUT2D eigenvalue weighted by molar-refractivity contribution is -0.138. The first kappa shape index (κ1) is 11.2. The van der Waals surface area contributed by atoms with Gasteiger partial charge in [-0.15, -0.1) is 0 Å². The molecule has 1 rings (SSSR count). The number of nitrogens with zero attached hydrogens (tertiary/aromatic N) is 1. The third kappa shape index (κ3) is 2.34. The minimum Gasteiger partial charge on any atom is -0.480 e. The summed E-state index contributed by atoms with van der Waals surface area (Å²) in [4.78, 5) is 22.1. The first-order chi connectivity index (χ1) is 6.93. The highest BCUT2D eigenvalue weighted by molar-refractivity contribution is 5.98. The van der Waals surface area contributed by atoms with Crippen molar-refractivity contribution in [2.75, 3.05) is 0 Å². The summed E-state index contributed by atoms with van der Waals surface area (Å²) in [5.74, 6) is -1.20. The maximum atomic E-state index is 11.6. The van der Waals surface area contributed by atoms with Crippen LogP contribution in [0.3, 0.4) is 0 Å². The van der Waals surface area contributed by atoms with Crippen molar-refractivity contribution in [1.82, 2.24) is 10.5 Å². The van der Waals surface area contributed by atoms with Crippen LogP contribution in [-0.2, 0) is 4.79 Å². The van der Waals surface area contributed by atoms with Crippen LogP contribution in [-0.4, -0.2) is 28.2 Å². The van der Waals surface area contributed by atoms with Crippen molar-refractivity contribution in [2.24, 2.45) is 0 Å². The minimum atomic E-state index is -1.09. The summed E-state index contributed by atoms with van der Waals surface area (Å²) in [6.45, 7) is 4.61. The molecule has 0 aliphatic rings. The van der Waals surface area contributed by atoms with Crippen LogP contribution in [0.15, 0.2) is 4.52 Å². The summed E-state index contributed by atoms with van der Waals surface area (Å²) >= 11 is 0. The number of nitrogens with one attached hydrogen (secondary N) is 1. The van der Waals surface area contributed by atoms with E-state index in [2.05, 4.69) is 10.5 Å². The molecular formula is C9H12N2O4. The lowest BCUT2D eigenvalue weighted by Gasteiger charge is -2.08. The number of amides is 1. The van der Waals surface area contributed by atoms with Crippen LogP contribution in [0.2, 0.25) is 0 Å². The predicted molar refractivity (Wildman–Crippen MR) is 50.5 cm³/mol. The molecule has 0 spiro atoms. The molecule has 0 saturated carbocycles. The quantitative estimate of drug-likeness (QED) is 0.760. The van der Waals surface area contributed by atoms with Crippen molar-refractivity contribution >= 4 is 11.9 Å². The first-order valence-corrected chi connectivity index (χ1v) is 4.40. The second-order valence-electron chi connectivity index (χ2n) is 3.23. The number of rotatable bonds is 3. The van der Waals surface area contributed by atoms with Crippen molar-refractivity contribution in [2.45, 2.75) is 26.8 Å². The summed E-state index contributed by atoms with van der Waals surface area (Å²) in [7, 11) is 0. The number of carboxylic acid groups (broad SMARTS) is 1. The zero-order chi connectivity index (χ0) is 11.6. The molecule has 0 saturated heterocycles. The lowest BCUT2D eigenvalue weighted by Crippen LogP contribution is -2.38. The van der Waals surface area contributed by atoms with Crippen LogP contribution < -0.4 is 5.32 Å². The number of carbonyl (C=O) groups is 2. The van der Waals surface area contributed by atoms with E-state index >= 15 is 0 Å². The van der Waals surface area contributed by atoms with Gasteiger partial charge in [0.2, 0.25) is 0 Å². The molecular weight excluding hydrogens is 200 g/mol. The maximum absolute atomic E-state index is 11.6. The molecule has 82 valence electrons. The van der Waals surface area contributed by atoms with Gasteiger partial charge in [-0.2, -0.15) is 0 Å². The van der Waals surface area contributed by atoms with Gasteiger partial charge in [0.1, 0.15) is 17.4 Å². The topological polar surface area (TPSA) is 92.4 Å². The van der Waals surface area contributed by atoms with E-state index in [1.54, 1.807) is 13.8 Å². The van der Waals surface area contributed by atoms with Crippen molar-refractivity contribution in [3.8, 4) is 0 Å². The average Bonchev–Trinajstić information content (AvgIpc) is 2.45. The fraction of sp³-hybridized carbons (Fsp3) is 0.444. The van der Waals surface area contributed by atoms with E-state index < -0.39 is 17.9 Å². The molecule has 15 heavy (non-hydrogen) atoms. The molecule has 0 aliphatic carbocycles. The molecule has 0 aliphatic heterocycles. The molecule has 0 radical (unpaired) electrons. The van der Waals surface area contributed by atoms with Crippen LogP contribution in [0.5, 0.6) is 0 Å². The van der Waals surface area contributed by atoms with Gasteiger partial charge < -0.3 is 14.9 Å². The molecule has 1 aromatic rings. The Morgan fingerprint density at radius 2 is 2.07 bits per heavy atom. The second kappa shape index (κ2) is 4.12. The Morgan fingerprint density at radius 3 is 2.47 bits per heavy atom. The van der Waals surface area contributed by atoms with Gasteiger partial charge in [0.05, 0.1) is 5.69 Å². The Bertz CT molecular complexity index is 377. The molecule has 1 aromatic heterocycles. The van der Waals surface area contributed by atoms with Gasteiger partial charge in [0.15, 0.2) is 0 Å². The standard InChI is InChI=1S/C9H12N2O4/c1-4-7(6(3)15-11-4)8(12)10-5(2)9(13)14/h5H,1-3H3,(H,10,12)(H,13,14)/t5-/m1/s1. The van der Waals surface area contributed by atoms with Gasteiger partial charge in [0, 0.05) is 0 Å². The minimum absolute atomic E-state index is 0.295. The number of aliphatic carboxylic acids is 1. The highest BCUT2D eigenvalue weighted by Gasteiger charge is 2.21. The molecule has 1 amide bonds. The summed E-state index contributed by atoms with van der Waals surface area (Å²) in [5, 5.41) is 14.5. The van der Waals surface area contributed by atoms with Crippen LogP contribution in [0, 0.1) is 13.8 Å². The van der Waals surface area contributed by atoms with E-state index in [9.17, 15) is 9.59 Å². The van der Waals surface area contributed by atoms with E-state index in [-0.39, 0.29) is 0 Å². The maximum Gasteiger partial charge on any atom is 0.325 e. The zero-order valence-electron chi connectivity index (χ0n) is 8.70. The van der Waals surface area contributed by atoms with Gasteiger partial charge in [-0.1, -0.05) is 5.16 Å². The zero-order valence-corrected chi connectivity index (χ0v) is 8.70. The van der Waals surface area contributed by atoms with E-state index in [1.807, 2.05) is 0 Å². The van der Waals surface area contributed by atoms with E-state index in [0.717, 1.165) is 0 Å². The average molecular weight is 212 g/mol. The molecule has 6 heteroatoms. The Morgan fingerprint density at radius 1 is 1.47 bits per heavy atom. The molecule has 0 aromatic carbocycles. The van der Waals surface area contributed by atoms with Crippen LogP contribution in [0.25, 0.3) is 0 Å². The first-order valence-electron chi connectivity index (χ1n) is 4.40. The lowest BCUT2D eigenvalue weighted by atomic mass is 10.2. The third-order valence-electron chi connectivity index (χ3n) is 1.98. The number of carbonyl (C=O) groups excluding carboxylic acids is 1. The van der Waals surface area contributed by atoms with Crippen LogP contribution in [0.4, 0.5) is 0 Å². The van der Waals surface area contributed by atoms with Gasteiger partial charge in [-0.3, -0.25) is 9.59 Å². The number of carboxylic acids is 1. The Balaban J connectivity index is 2.82. The second-order valence-corrected chi connectivity index (χ2v) is 3.23. The normalized spacial score (nSPS) is 12.2. The number of aromatic nitrogens is 1. The number of aryl methyl sites for hydroxylation is 2. The van der Waals surface area contributed by atoms with Gasteiger partial charge in [-0.05, 0) is 20.8 Å². The van der Waals surface area contributed by atoms with Crippen molar-refractivity contribution in [1.29, 1.82) is 0 Å². The molecule has 1 heterocycles. The van der Waals surface area contributed by atoms with E-state index in [4.69, 9.17) is 9.63 Å². The molecule has 6 nitrogen and oxygen atoms in total. The largest absolute Gasteiger partial charge is 0.480 e. The predicted octanol–water partition coefficient (Wildman–Crippen LogP) is 0.494. The smallest absolute Gasteiger partial charge is 0.325 e. The number of hydrogen-bond acceptors (Lipinski definition) is 4. The van der Waals surface area contributed by atoms with Crippen molar-refractivity contribution in [3.63, 3.8) is 0 Å². The molecule has 1 atom stereocenters. The Hall–Kier alpha value is -1.85. The summed E-state index contributed by atoms with van der Waals surface area (Å²) in [5.41, 5.74) is 0.741. The van der Waals surface area contributed by atoms with Crippen LogP contribution in [0.1, 0.15) is 28.7 Å². The Labute approximate surface area is 86.3 Å². The van der Waals surface area contributed by atoms with Gasteiger partial charge in [-0.25, -0.2) is 0 Å². The van der Waals surface area contributed by atoms with E-state index in [1.165, 1.54) is 6.92 Å². The monoisotopic (exact) mass is 212 g/mol. The highest BCUT2D eigenvalue weighted by atomic mass is 16.5. The third-order valence-corrected chi connectivity index (χ3v) is 1.98. The molecule has 0 fully saturated rings. The Kier molecular flexibility index (Phi) is 3.08. The van der Waals surface area contributed by atoms with Crippen molar-refractivity contribution in [3.05, 3.63) is 17.0 Å². The van der Waals surface area contributed by atoms with Crippen LogP contribution >= 0.6 is 0 Å². The van der Waals surface area contributed by atoms with Gasteiger partial charge in [0.25, 0.3) is 5.91 Å².